The molecule has 4 nitrogen and oxygen atoms in total. The Kier molecular flexibility index (Phi) is 6.82. The van der Waals surface area contributed by atoms with Crippen LogP contribution >= 0.6 is 27.5 Å². The maximum atomic E-state index is 12.1. The van der Waals surface area contributed by atoms with E-state index in [4.69, 9.17) is 11.6 Å². The number of rotatable bonds is 6. The highest BCUT2D eigenvalue weighted by Crippen LogP contribution is 2.19. The van der Waals surface area contributed by atoms with E-state index < -0.39 is 0 Å². The number of hydrogen-bond donors (Lipinski definition) is 2. The van der Waals surface area contributed by atoms with Gasteiger partial charge in [-0.15, -0.1) is 0 Å². The molecule has 0 aliphatic rings. The fourth-order valence-electron chi connectivity index (χ4n) is 2.26. The van der Waals surface area contributed by atoms with Gasteiger partial charge in [0.25, 0.3) is 5.91 Å². The zero-order valence-electron chi connectivity index (χ0n) is 13.2. The zero-order valence-corrected chi connectivity index (χ0v) is 15.5. The molecule has 0 saturated carbocycles. The summed E-state index contributed by atoms with van der Waals surface area (Å²) in [4.78, 5) is 24.2. The molecule has 0 aliphatic heterocycles. The van der Waals surface area contributed by atoms with Gasteiger partial charge in [-0.1, -0.05) is 58.7 Å². The fraction of sp³-hybridized carbons (Fsp3) is 0.222. The Balaban J connectivity index is 1.91. The number of nitrogens with one attached hydrogen (secondary N) is 2. The van der Waals surface area contributed by atoms with Crippen LogP contribution in [0.5, 0.6) is 0 Å². The third-order valence-corrected chi connectivity index (χ3v) is 4.40. The summed E-state index contributed by atoms with van der Waals surface area (Å²) >= 11 is 9.36. The van der Waals surface area contributed by atoms with Gasteiger partial charge in [-0.25, -0.2) is 0 Å². The van der Waals surface area contributed by atoms with E-state index in [9.17, 15) is 9.59 Å². The van der Waals surface area contributed by atoms with Gasteiger partial charge in [-0.2, -0.15) is 0 Å². The first-order valence-corrected chi connectivity index (χ1v) is 8.76. The van der Waals surface area contributed by atoms with E-state index >= 15 is 0 Å². The molecular weight excluding hydrogens is 392 g/mol. The number of carbonyl (C=O) groups excluding carboxylic acids is 2. The molecule has 0 aliphatic carbocycles. The van der Waals surface area contributed by atoms with Gasteiger partial charge in [0, 0.05) is 4.47 Å². The molecule has 0 saturated heterocycles. The quantitative estimate of drug-likeness (QED) is 0.754. The van der Waals surface area contributed by atoms with Crippen molar-refractivity contribution < 1.29 is 9.59 Å². The van der Waals surface area contributed by atoms with Gasteiger partial charge in [0.15, 0.2) is 0 Å². The van der Waals surface area contributed by atoms with Crippen molar-refractivity contribution in [2.45, 2.75) is 19.4 Å². The van der Waals surface area contributed by atoms with Crippen molar-refractivity contribution in [2.24, 2.45) is 0 Å². The molecule has 2 aromatic rings. The van der Waals surface area contributed by atoms with Crippen LogP contribution < -0.4 is 10.6 Å². The lowest BCUT2D eigenvalue weighted by Crippen LogP contribution is -2.38. The van der Waals surface area contributed by atoms with Crippen LogP contribution in [0.3, 0.4) is 0 Å². The number of carbonyl (C=O) groups is 2. The number of amides is 2. The molecule has 0 fully saturated rings. The van der Waals surface area contributed by atoms with Crippen molar-refractivity contribution >= 4 is 39.3 Å². The van der Waals surface area contributed by atoms with Gasteiger partial charge < -0.3 is 10.6 Å². The maximum absolute atomic E-state index is 12.1. The van der Waals surface area contributed by atoms with E-state index in [0.717, 1.165) is 16.5 Å². The Morgan fingerprint density at radius 2 is 1.79 bits per heavy atom. The van der Waals surface area contributed by atoms with E-state index in [0.29, 0.717) is 10.6 Å². The molecule has 24 heavy (non-hydrogen) atoms. The van der Waals surface area contributed by atoms with Crippen LogP contribution in [0.4, 0.5) is 0 Å². The van der Waals surface area contributed by atoms with E-state index in [1.807, 2.05) is 31.2 Å². The van der Waals surface area contributed by atoms with Crippen LogP contribution in [-0.4, -0.2) is 18.4 Å². The SMILES string of the molecule is CCC(NC(=O)CNC(=O)c1ccccc1Cl)c1ccc(Br)cc1. The standard InChI is InChI=1S/C18H18BrClN2O2/c1-2-16(12-7-9-13(19)10-8-12)22-17(23)11-21-18(24)14-5-3-4-6-15(14)20/h3-10,16H,2,11H2,1H3,(H,21,24)(H,22,23). The molecule has 2 N–H and O–H groups in total. The molecular formula is C18H18BrClN2O2. The summed E-state index contributed by atoms with van der Waals surface area (Å²) in [6, 6.07) is 14.4. The summed E-state index contributed by atoms with van der Waals surface area (Å²) in [5.41, 5.74) is 1.37. The Labute approximate surface area is 154 Å². The molecule has 2 rings (SSSR count). The largest absolute Gasteiger partial charge is 0.348 e. The smallest absolute Gasteiger partial charge is 0.253 e. The van der Waals surface area contributed by atoms with Crippen molar-refractivity contribution in [1.29, 1.82) is 0 Å². The van der Waals surface area contributed by atoms with Crippen LogP contribution in [-0.2, 0) is 4.79 Å². The average molecular weight is 410 g/mol. The minimum Gasteiger partial charge on any atom is -0.348 e. The van der Waals surface area contributed by atoms with Crippen molar-refractivity contribution in [3.05, 3.63) is 69.2 Å². The van der Waals surface area contributed by atoms with Crippen molar-refractivity contribution in [1.82, 2.24) is 10.6 Å². The highest BCUT2D eigenvalue weighted by Gasteiger charge is 2.15. The van der Waals surface area contributed by atoms with Crippen molar-refractivity contribution in [2.75, 3.05) is 6.54 Å². The monoisotopic (exact) mass is 408 g/mol. The third-order valence-electron chi connectivity index (χ3n) is 3.54. The Hall–Kier alpha value is -1.85. The van der Waals surface area contributed by atoms with Crippen LogP contribution in [0.15, 0.2) is 53.0 Å². The summed E-state index contributed by atoms with van der Waals surface area (Å²) in [6.45, 7) is 1.90. The zero-order chi connectivity index (χ0) is 17.5. The molecule has 0 spiro atoms. The molecule has 0 aromatic heterocycles. The van der Waals surface area contributed by atoms with Crippen LogP contribution in [0.2, 0.25) is 5.02 Å². The molecule has 2 aromatic carbocycles. The molecule has 2 amide bonds. The summed E-state index contributed by atoms with van der Waals surface area (Å²) in [6.07, 6.45) is 0.756. The highest BCUT2D eigenvalue weighted by molar-refractivity contribution is 9.10. The van der Waals surface area contributed by atoms with Gasteiger partial charge in [0.1, 0.15) is 0 Å². The number of benzene rings is 2. The topological polar surface area (TPSA) is 58.2 Å². The number of halogens is 2. The first-order valence-electron chi connectivity index (χ1n) is 7.58. The summed E-state index contributed by atoms with van der Waals surface area (Å²) in [5, 5.41) is 5.87. The summed E-state index contributed by atoms with van der Waals surface area (Å²) in [7, 11) is 0. The van der Waals surface area contributed by atoms with Crippen LogP contribution in [0, 0.1) is 0 Å². The molecule has 0 heterocycles. The van der Waals surface area contributed by atoms with Crippen LogP contribution in [0.1, 0.15) is 35.3 Å². The van der Waals surface area contributed by atoms with Gasteiger partial charge in [0.2, 0.25) is 5.91 Å². The first-order chi connectivity index (χ1) is 11.5. The van der Waals surface area contributed by atoms with Gasteiger partial charge in [0.05, 0.1) is 23.2 Å². The second-order valence-electron chi connectivity index (χ2n) is 5.24. The predicted octanol–water partition coefficient (Wildman–Crippen LogP) is 4.10. The molecule has 0 bridgehead atoms. The lowest BCUT2D eigenvalue weighted by molar-refractivity contribution is -0.120. The van der Waals surface area contributed by atoms with Crippen LogP contribution in [0.25, 0.3) is 0 Å². The minimum atomic E-state index is -0.368. The fourth-order valence-corrected chi connectivity index (χ4v) is 2.75. The predicted molar refractivity (Wildman–Crippen MR) is 99.1 cm³/mol. The second kappa shape index (κ2) is 8.85. The maximum Gasteiger partial charge on any atom is 0.253 e. The van der Waals surface area contributed by atoms with Crippen molar-refractivity contribution in [3.63, 3.8) is 0 Å². The van der Waals surface area contributed by atoms with Gasteiger partial charge >= 0.3 is 0 Å². The van der Waals surface area contributed by atoms with E-state index in [-0.39, 0.29) is 24.4 Å². The first kappa shape index (κ1) is 18.5. The van der Waals surface area contributed by atoms with Crippen molar-refractivity contribution in [3.8, 4) is 0 Å². The van der Waals surface area contributed by atoms with E-state index in [1.165, 1.54) is 0 Å². The minimum absolute atomic E-state index is 0.0946. The summed E-state index contributed by atoms with van der Waals surface area (Å²) < 4.78 is 0.986. The molecule has 126 valence electrons. The Morgan fingerprint density at radius 3 is 2.42 bits per heavy atom. The number of hydrogen-bond acceptors (Lipinski definition) is 2. The molecule has 1 unspecified atom stereocenters. The van der Waals surface area contributed by atoms with E-state index in [1.54, 1.807) is 24.3 Å². The molecule has 0 radical (unpaired) electrons. The highest BCUT2D eigenvalue weighted by atomic mass is 79.9. The Bertz CT molecular complexity index is 719. The van der Waals surface area contributed by atoms with Gasteiger partial charge in [-0.05, 0) is 36.2 Å². The molecule has 6 heteroatoms. The summed E-state index contributed by atoms with van der Waals surface area (Å²) in [5.74, 6) is -0.613. The molecule has 1 atom stereocenters. The van der Waals surface area contributed by atoms with Gasteiger partial charge in [-0.3, -0.25) is 9.59 Å². The Morgan fingerprint density at radius 1 is 1.12 bits per heavy atom. The average Bonchev–Trinajstić information content (AvgIpc) is 2.59. The third kappa shape index (κ3) is 5.08. The van der Waals surface area contributed by atoms with E-state index in [2.05, 4.69) is 26.6 Å². The normalized spacial score (nSPS) is 11.6. The second-order valence-corrected chi connectivity index (χ2v) is 6.57. The lowest BCUT2D eigenvalue weighted by atomic mass is 10.0. The lowest BCUT2D eigenvalue weighted by Gasteiger charge is -2.18.